The summed E-state index contributed by atoms with van der Waals surface area (Å²) >= 11 is 0. The first-order valence-electron chi connectivity index (χ1n) is 4.85. The van der Waals surface area contributed by atoms with Crippen molar-refractivity contribution in [3.05, 3.63) is 0 Å². The van der Waals surface area contributed by atoms with Crippen molar-refractivity contribution in [3.63, 3.8) is 0 Å². The molecular weight excluding hydrogens is 155 g/mol. The molecule has 0 aliphatic carbocycles. The summed E-state index contributed by atoms with van der Waals surface area (Å²) in [5.41, 5.74) is 5.48. The van der Waals surface area contributed by atoms with E-state index < -0.39 is 0 Å². The van der Waals surface area contributed by atoms with Crippen LogP contribution in [0.1, 0.15) is 19.3 Å². The van der Waals surface area contributed by atoms with Crippen molar-refractivity contribution in [1.82, 2.24) is 4.90 Å². The summed E-state index contributed by atoms with van der Waals surface area (Å²) in [6.07, 6.45) is 3.55. The van der Waals surface area contributed by atoms with Gasteiger partial charge in [-0.3, -0.25) is 0 Å². The first-order valence-corrected chi connectivity index (χ1v) is 4.85. The van der Waals surface area contributed by atoms with Gasteiger partial charge in [-0.2, -0.15) is 0 Å². The van der Waals surface area contributed by atoms with Gasteiger partial charge in [-0.25, -0.2) is 4.39 Å². The van der Waals surface area contributed by atoms with Gasteiger partial charge in [-0.1, -0.05) is 0 Å². The van der Waals surface area contributed by atoms with Crippen molar-refractivity contribution in [2.24, 2.45) is 11.7 Å². The maximum absolute atomic E-state index is 12.0. The van der Waals surface area contributed by atoms with E-state index in [2.05, 4.69) is 4.90 Å². The molecule has 0 amide bonds. The molecule has 1 saturated heterocycles. The molecule has 72 valence electrons. The van der Waals surface area contributed by atoms with E-state index in [1.807, 2.05) is 0 Å². The molecule has 1 fully saturated rings. The van der Waals surface area contributed by atoms with Gasteiger partial charge in [0.15, 0.2) is 0 Å². The molecule has 1 aliphatic heterocycles. The average Bonchev–Trinajstić information content (AvgIpc) is 2.09. The fraction of sp³-hybridized carbons (Fsp3) is 1.00. The van der Waals surface area contributed by atoms with Gasteiger partial charge in [0, 0.05) is 6.54 Å². The second kappa shape index (κ2) is 5.49. The number of halogens is 1. The number of piperidine rings is 1. The summed E-state index contributed by atoms with van der Waals surface area (Å²) in [5, 5.41) is 0. The number of hydrogen-bond donors (Lipinski definition) is 1. The highest BCUT2D eigenvalue weighted by Crippen LogP contribution is 2.19. The first kappa shape index (κ1) is 9.93. The third-order valence-corrected chi connectivity index (χ3v) is 2.68. The van der Waals surface area contributed by atoms with Crippen LogP contribution in [0.15, 0.2) is 0 Å². The fourth-order valence-corrected chi connectivity index (χ4v) is 1.85. The lowest BCUT2D eigenvalue weighted by Gasteiger charge is -2.30. The second-order valence-corrected chi connectivity index (χ2v) is 3.55. The number of hydrogen-bond acceptors (Lipinski definition) is 2. The standard InChI is InChI=1S/C9H19FN2/c10-4-8-12-6-2-9(1-5-11)3-7-12/h9H,1-8,11H2. The highest BCUT2D eigenvalue weighted by atomic mass is 19.1. The van der Waals surface area contributed by atoms with Gasteiger partial charge in [-0.15, -0.1) is 0 Å². The minimum Gasteiger partial charge on any atom is -0.330 e. The zero-order chi connectivity index (χ0) is 8.81. The Labute approximate surface area is 73.9 Å². The average molecular weight is 174 g/mol. The molecule has 0 radical (unpaired) electrons. The van der Waals surface area contributed by atoms with Gasteiger partial charge in [0.25, 0.3) is 0 Å². The van der Waals surface area contributed by atoms with Gasteiger partial charge in [-0.05, 0) is 44.8 Å². The van der Waals surface area contributed by atoms with Gasteiger partial charge in [0.05, 0.1) is 0 Å². The number of likely N-dealkylation sites (tertiary alicyclic amines) is 1. The van der Waals surface area contributed by atoms with E-state index in [0.717, 1.165) is 32.0 Å². The molecule has 2 N–H and O–H groups in total. The number of rotatable bonds is 4. The van der Waals surface area contributed by atoms with Crippen molar-refractivity contribution in [1.29, 1.82) is 0 Å². The SMILES string of the molecule is NCCC1CCN(CCF)CC1. The first-order chi connectivity index (χ1) is 5.86. The molecule has 0 aromatic carbocycles. The summed E-state index contributed by atoms with van der Waals surface area (Å²) in [6.45, 7) is 3.34. The highest BCUT2D eigenvalue weighted by Gasteiger charge is 2.17. The predicted molar refractivity (Wildman–Crippen MR) is 48.8 cm³/mol. The Kier molecular flexibility index (Phi) is 4.54. The lowest BCUT2D eigenvalue weighted by molar-refractivity contribution is 0.169. The Bertz CT molecular complexity index is 97.1. The molecular formula is C9H19FN2. The Morgan fingerprint density at radius 3 is 2.50 bits per heavy atom. The second-order valence-electron chi connectivity index (χ2n) is 3.55. The maximum Gasteiger partial charge on any atom is 0.102 e. The zero-order valence-electron chi connectivity index (χ0n) is 7.64. The van der Waals surface area contributed by atoms with Crippen LogP contribution < -0.4 is 5.73 Å². The van der Waals surface area contributed by atoms with Crippen molar-refractivity contribution in [2.45, 2.75) is 19.3 Å². The van der Waals surface area contributed by atoms with Gasteiger partial charge < -0.3 is 10.6 Å². The third kappa shape index (κ3) is 3.07. The molecule has 0 saturated carbocycles. The van der Waals surface area contributed by atoms with Crippen LogP contribution in [-0.4, -0.2) is 37.8 Å². The monoisotopic (exact) mass is 174 g/mol. The minimum absolute atomic E-state index is 0.207. The molecule has 0 spiro atoms. The molecule has 0 aromatic rings. The normalized spacial score (nSPS) is 21.5. The van der Waals surface area contributed by atoms with Crippen LogP contribution in [-0.2, 0) is 0 Å². The molecule has 1 rings (SSSR count). The number of alkyl halides is 1. The van der Waals surface area contributed by atoms with Crippen LogP contribution >= 0.6 is 0 Å². The Morgan fingerprint density at radius 1 is 1.33 bits per heavy atom. The zero-order valence-corrected chi connectivity index (χ0v) is 7.64. The summed E-state index contributed by atoms with van der Waals surface area (Å²) in [6, 6.07) is 0. The van der Waals surface area contributed by atoms with E-state index in [0.29, 0.717) is 6.54 Å². The molecule has 1 heterocycles. The largest absolute Gasteiger partial charge is 0.330 e. The summed E-state index contributed by atoms with van der Waals surface area (Å²) in [5.74, 6) is 0.797. The predicted octanol–water partition coefficient (Wildman–Crippen LogP) is 1.02. The fourth-order valence-electron chi connectivity index (χ4n) is 1.85. The molecule has 12 heavy (non-hydrogen) atoms. The molecule has 0 unspecified atom stereocenters. The van der Waals surface area contributed by atoms with Crippen LogP contribution in [0.2, 0.25) is 0 Å². The van der Waals surface area contributed by atoms with Crippen LogP contribution in [0.4, 0.5) is 4.39 Å². The van der Waals surface area contributed by atoms with Crippen molar-refractivity contribution < 1.29 is 4.39 Å². The van der Waals surface area contributed by atoms with Gasteiger partial charge in [0.2, 0.25) is 0 Å². The van der Waals surface area contributed by atoms with E-state index in [9.17, 15) is 4.39 Å². The maximum atomic E-state index is 12.0. The Morgan fingerprint density at radius 2 is 2.00 bits per heavy atom. The van der Waals surface area contributed by atoms with Crippen molar-refractivity contribution >= 4 is 0 Å². The van der Waals surface area contributed by atoms with Crippen LogP contribution in [0.5, 0.6) is 0 Å². The van der Waals surface area contributed by atoms with Gasteiger partial charge >= 0.3 is 0 Å². The van der Waals surface area contributed by atoms with Gasteiger partial charge in [0.1, 0.15) is 6.67 Å². The minimum atomic E-state index is -0.207. The summed E-state index contributed by atoms with van der Waals surface area (Å²) in [7, 11) is 0. The highest BCUT2D eigenvalue weighted by molar-refractivity contribution is 4.72. The van der Waals surface area contributed by atoms with Crippen molar-refractivity contribution in [2.75, 3.05) is 32.9 Å². The lowest BCUT2D eigenvalue weighted by Crippen LogP contribution is -2.35. The molecule has 0 atom stereocenters. The smallest absolute Gasteiger partial charge is 0.102 e. The van der Waals surface area contributed by atoms with E-state index in [1.54, 1.807) is 0 Å². The molecule has 3 heteroatoms. The molecule has 0 aromatic heterocycles. The van der Waals surface area contributed by atoms with E-state index >= 15 is 0 Å². The summed E-state index contributed by atoms with van der Waals surface area (Å²) < 4.78 is 12.0. The Hall–Kier alpha value is -0.150. The van der Waals surface area contributed by atoms with E-state index in [1.165, 1.54) is 12.8 Å². The van der Waals surface area contributed by atoms with E-state index in [-0.39, 0.29) is 6.67 Å². The number of nitrogens with zero attached hydrogens (tertiary/aromatic N) is 1. The lowest BCUT2D eigenvalue weighted by atomic mass is 9.94. The number of nitrogens with two attached hydrogens (primary N) is 1. The van der Waals surface area contributed by atoms with Crippen molar-refractivity contribution in [3.8, 4) is 0 Å². The molecule has 1 aliphatic rings. The molecule has 2 nitrogen and oxygen atoms in total. The van der Waals surface area contributed by atoms with Crippen LogP contribution in [0.3, 0.4) is 0 Å². The van der Waals surface area contributed by atoms with Crippen LogP contribution in [0, 0.1) is 5.92 Å². The topological polar surface area (TPSA) is 29.3 Å². The Balaban J connectivity index is 2.11. The third-order valence-electron chi connectivity index (χ3n) is 2.68. The molecule has 0 bridgehead atoms. The quantitative estimate of drug-likeness (QED) is 0.689. The van der Waals surface area contributed by atoms with Crippen LogP contribution in [0.25, 0.3) is 0 Å². The summed E-state index contributed by atoms with van der Waals surface area (Å²) in [4.78, 5) is 2.20. The van der Waals surface area contributed by atoms with E-state index in [4.69, 9.17) is 5.73 Å².